The number of methoxy groups -OCH3 is 2. The summed E-state index contributed by atoms with van der Waals surface area (Å²) in [6.07, 6.45) is 0.729. The van der Waals surface area contributed by atoms with Gasteiger partial charge in [-0.2, -0.15) is 0 Å². The van der Waals surface area contributed by atoms with Crippen molar-refractivity contribution in [3.63, 3.8) is 0 Å². The van der Waals surface area contributed by atoms with Crippen LogP contribution < -0.4 is 14.2 Å². The minimum Gasteiger partial charge on any atom is -0.493 e. The Balaban J connectivity index is 3.30. The van der Waals surface area contributed by atoms with Gasteiger partial charge in [-0.05, 0) is 19.1 Å². The van der Waals surface area contributed by atoms with Crippen LogP contribution in [0.4, 0.5) is 0 Å². The average Bonchev–Trinajstić information content (AvgIpc) is 2.28. The van der Waals surface area contributed by atoms with Crippen molar-refractivity contribution in [3.05, 3.63) is 17.7 Å². The third-order valence-corrected chi connectivity index (χ3v) is 1.95. The Morgan fingerprint density at radius 2 is 1.93 bits per heavy atom. The van der Waals surface area contributed by atoms with Gasteiger partial charge < -0.3 is 14.2 Å². The minimum atomic E-state index is 0.425. The van der Waals surface area contributed by atoms with Crippen LogP contribution in [-0.4, -0.2) is 27.1 Å². The minimum absolute atomic E-state index is 0.425. The lowest BCUT2D eigenvalue weighted by molar-refractivity contribution is 0.111. The quantitative estimate of drug-likeness (QED) is 0.696. The highest BCUT2D eigenvalue weighted by Crippen LogP contribution is 2.39. The summed E-state index contributed by atoms with van der Waals surface area (Å²) >= 11 is 0. The summed E-state index contributed by atoms with van der Waals surface area (Å²) in [5.41, 5.74) is 0.453. The van der Waals surface area contributed by atoms with Crippen LogP contribution in [0, 0.1) is 0 Å². The molecule has 0 unspecified atom stereocenters. The zero-order valence-corrected chi connectivity index (χ0v) is 9.07. The van der Waals surface area contributed by atoms with E-state index in [-0.39, 0.29) is 0 Å². The van der Waals surface area contributed by atoms with Gasteiger partial charge in [-0.25, -0.2) is 0 Å². The van der Waals surface area contributed by atoms with E-state index < -0.39 is 0 Å². The third kappa shape index (κ3) is 2.21. The van der Waals surface area contributed by atoms with Crippen molar-refractivity contribution in [2.75, 3.05) is 20.8 Å². The van der Waals surface area contributed by atoms with Crippen molar-refractivity contribution < 1.29 is 19.0 Å². The summed E-state index contributed by atoms with van der Waals surface area (Å²) in [7, 11) is 3.04. The fourth-order valence-electron chi connectivity index (χ4n) is 1.30. The summed E-state index contributed by atoms with van der Waals surface area (Å²) in [6, 6.07) is 3.31. The van der Waals surface area contributed by atoms with E-state index in [1.165, 1.54) is 14.2 Å². The molecule has 0 saturated heterocycles. The predicted molar refractivity (Wildman–Crippen MR) is 56.1 cm³/mol. The molecule has 0 amide bonds. The summed E-state index contributed by atoms with van der Waals surface area (Å²) in [5, 5.41) is 0. The maximum absolute atomic E-state index is 10.8. The molecular formula is C11H14O4. The molecule has 4 heteroatoms. The maximum atomic E-state index is 10.8. The zero-order chi connectivity index (χ0) is 11.3. The number of hydrogen-bond donors (Lipinski definition) is 0. The number of benzene rings is 1. The molecule has 1 aromatic rings. The smallest absolute Gasteiger partial charge is 0.204 e. The first-order chi connectivity index (χ1) is 7.28. The Hall–Kier alpha value is -1.71. The number of ether oxygens (including phenoxy) is 3. The number of rotatable bonds is 5. The molecule has 0 aliphatic carbocycles. The standard InChI is InChI=1S/C11H14O4/c1-4-15-10-8(7-12)5-6-9(13-2)11(10)14-3/h5-7H,4H2,1-3H3. The zero-order valence-electron chi connectivity index (χ0n) is 9.07. The largest absolute Gasteiger partial charge is 0.493 e. The first kappa shape index (κ1) is 11.4. The number of carbonyl (C=O) groups is 1. The predicted octanol–water partition coefficient (Wildman–Crippen LogP) is 1.91. The van der Waals surface area contributed by atoms with Crippen molar-refractivity contribution in [3.8, 4) is 17.2 Å². The van der Waals surface area contributed by atoms with Crippen LogP contribution in [0.1, 0.15) is 17.3 Å². The summed E-state index contributed by atoms with van der Waals surface area (Å²) in [5.74, 6) is 1.42. The fourth-order valence-corrected chi connectivity index (χ4v) is 1.30. The lowest BCUT2D eigenvalue weighted by Crippen LogP contribution is -2.01. The SMILES string of the molecule is CCOc1c(C=O)ccc(OC)c1OC. The maximum Gasteiger partial charge on any atom is 0.204 e. The van der Waals surface area contributed by atoms with E-state index in [9.17, 15) is 4.79 Å². The highest BCUT2D eigenvalue weighted by atomic mass is 16.5. The molecule has 82 valence electrons. The Kier molecular flexibility index (Phi) is 3.97. The monoisotopic (exact) mass is 210 g/mol. The molecule has 0 aliphatic rings. The van der Waals surface area contributed by atoms with E-state index in [2.05, 4.69) is 0 Å². The third-order valence-electron chi connectivity index (χ3n) is 1.95. The number of carbonyl (C=O) groups excluding carboxylic acids is 1. The van der Waals surface area contributed by atoms with Crippen LogP contribution in [0.2, 0.25) is 0 Å². The molecule has 0 fully saturated rings. The van der Waals surface area contributed by atoms with Gasteiger partial charge in [0.25, 0.3) is 0 Å². The molecule has 4 nitrogen and oxygen atoms in total. The molecule has 15 heavy (non-hydrogen) atoms. The molecule has 0 aliphatic heterocycles. The Bertz CT molecular complexity index is 347. The van der Waals surface area contributed by atoms with Gasteiger partial charge in [0.15, 0.2) is 17.8 Å². The normalized spacial score (nSPS) is 9.53. The van der Waals surface area contributed by atoms with Gasteiger partial charge in [-0.1, -0.05) is 0 Å². The molecule has 0 bridgehead atoms. The van der Waals surface area contributed by atoms with Crippen LogP contribution >= 0.6 is 0 Å². The van der Waals surface area contributed by atoms with E-state index >= 15 is 0 Å². The molecule has 0 aromatic heterocycles. The van der Waals surface area contributed by atoms with Crippen LogP contribution in [0.5, 0.6) is 17.2 Å². The van der Waals surface area contributed by atoms with Crippen molar-refractivity contribution in [1.82, 2.24) is 0 Å². The molecule has 0 radical (unpaired) electrons. The summed E-state index contributed by atoms with van der Waals surface area (Å²) in [4.78, 5) is 10.8. The van der Waals surface area contributed by atoms with Crippen LogP contribution in [0.15, 0.2) is 12.1 Å². The van der Waals surface area contributed by atoms with E-state index in [1.807, 2.05) is 6.92 Å². The van der Waals surface area contributed by atoms with E-state index in [0.29, 0.717) is 29.4 Å². The van der Waals surface area contributed by atoms with Crippen molar-refractivity contribution in [2.24, 2.45) is 0 Å². The fraction of sp³-hybridized carbons (Fsp3) is 0.364. The number of aldehydes is 1. The highest BCUT2D eigenvalue weighted by Gasteiger charge is 2.15. The van der Waals surface area contributed by atoms with E-state index in [1.54, 1.807) is 12.1 Å². The second-order valence-electron chi connectivity index (χ2n) is 2.77. The van der Waals surface area contributed by atoms with Gasteiger partial charge in [0.2, 0.25) is 5.75 Å². The van der Waals surface area contributed by atoms with Crippen molar-refractivity contribution in [1.29, 1.82) is 0 Å². The molecule has 0 saturated carbocycles. The molecule has 0 atom stereocenters. The van der Waals surface area contributed by atoms with E-state index in [4.69, 9.17) is 14.2 Å². The topological polar surface area (TPSA) is 44.8 Å². The Labute approximate surface area is 88.8 Å². The molecule has 0 heterocycles. The van der Waals surface area contributed by atoms with Gasteiger partial charge in [0.05, 0.1) is 26.4 Å². The second-order valence-corrected chi connectivity index (χ2v) is 2.77. The van der Waals surface area contributed by atoms with Gasteiger partial charge >= 0.3 is 0 Å². The van der Waals surface area contributed by atoms with Gasteiger partial charge in [-0.15, -0.1) is 0 Å². The Morgan fingerprint density at radius 1 is 1.20 bits per heavy atom. The molecule has 1 rings (SSSR count). The first-order valence-electron chi connectivity index (χ1n) is 4.61. The molecule has 0 N–H and O–H groups in total. The highest BCUT2D eigenvalue weighted by molar-refractivity contribution is 5.82. The summed E-state index contributed by atoms with van der Waals surface area (Å²) in [6.45, 7) is 2.30. The lowest BCUT2D eigenvalue weighted by Gasteiger charge is -2.14. The second kappa shape index (κ2) is 5.24. The van der Waals surface area contributed by atoms with Crippen LogP contribution in [0.25, 0.3) is 0 Å². The van der Waals surface area contributed by atoms with Crippen LogP contribution in [0.3, 0.4) is 0 Å². The summed E-state index contributed by atoms with van der Waals surface area (Å²) < 4.78 is 15.6. The van der Waals surface area contributed by atoms with E-state index in [0.717, 1.165) is 6.29 Å². The van der Waals surface area contributed by atoms with Crippen molar-refractivity contribution in [2.45, 2.75) is 6.92 Å². The molecule has 0 spiro atoms. The Morgan fingerprint density at radius 3 is 2.40 bits per heavy atom. The first-order valence-corrected chi connectivity index (χ1v) is 4.61. The average molecular weight is 210 g/mol. The van der Waals surface area contributed by atoms with Gasteiger partial charge in [0.1, 0.15) is 0 Å². The molecule has 1 aromatic carbocycles. The lowest BCUT2D eigenvalue weighted by atomic mass is 10.2. The van der Waals surface area contributed by atoms with Crippen molar-refractivity contribution >= 4 is 6.29 Å². The van der Waals surface area contributed by atoms with Gasteiger partial charge in [0, 0.05) is 0 Å². The van der Waals surface area contributed by atoms with Gasteiger partial charge in [-0.3, -0.25) is 4.79 Å². The van der Waals surface area contributed by atoms with Crippen LogP contribution in [-0.2, 0) is 0 Å². The molecular weight excluding hydrogens is 196 g/mol. The number of hydrogen-bond acceptors (Lipinski definition) is 4.